The van der Waals surface area contributed by atoms with Crippen molar-refractivity contribution in [3.05, 3.63) is 57.5 Å². The molecule has 0 bridgehead atoms. The highest BCUT2D eigenvalue weighted by Crippen LogP contribution is 2.31. The Balaban J connectivity index is 2.50. The van der Waals surface area contributed by atoms with Crippen LogP contribution in [0.5, 0.6) is 0 Å². The molecule has 0 saturated heterocycles. The Morgan fingerprint density at radius 2 is 2.00 bits per heavy atom. The first kappa shape index (κ1) is 12.4. The maximum Gasteiger partial charge on any atom is 0.139 e. The lowest BCUT2D eigenvalue weighted by Gasteiger charge is -2.18. The monoisotopic (exact) mass is 293 g/mol. The highest BCUT2D eigenvalue weighted by Gasteiger charge is 2.20. The van der Waals surface area contributed by atoms with Crippen molar-refractivity contribution in [3.63, 3.8) is 0 Å². The van der Waals surface area contributed by atoms with Gasteiger partial charge in [0, 0.05) is 0 Å². The molecule has 1 N–H and O–H groups in total. The number of nitrogens with one attached hydrogen (secondary N) is 1. The van der Waals surface area contributed by atoms with Gasteiger partial charge >= 0.3 is 0 Å². The molecule has 0 aliphatic rings. The predicted octanol–water partition coefficient (Wildman–Crippen LogP) is 3.97. The summed E-state index contributed by atoms with van der Waals surface area (Å²) in [6.45, 7) is 4.27. The highest BCUT2D eigenvalue weighted by molar-refractivity contribution is 9.10. The van der Waals surface area contributed by atoms with E-state index in [4.69, 9.17) is 4.42 Å². The molecule has 0 aliphatic heterocycles. The third-order valence-corrected chi connectivity index (χ3v) is 3.81. The van der Waals surface area contributed by atoms with Gasteiger partial charge in [0.1, 0.15) is 5.76 Å². The van der Waals surface area contributed by atoms with E-state index >= 15 is 0 Å². The molecule has 0 spiro atoms. The van der Waals surface area contributed by atoms with Gasteiger partial charge in [0.2, 0.25) is 0 Å². The molecule has 0 amide bonds. The second kappa shape index (κ2) is 5.07. The number of furan rings is 1. The Kier molecular flexibility index (Phi) is 3.69. The molecule has 3 heteroatoms. The van der Waals surface area contributed by atoms with E-state index in [-0.39, 0.29) is 6.04 Å². The fraction of sp³-hybridized carbons (Fsp3) is 0.286. The van der Waals surface area contributed by atoms with Crippen molar-refractivity contribution < 1.29 is 4.42 Å². The molecule has 0 fully saturated rings. The van der Waals surface area contributed by atoms with Gasteiger partial charge in [0.25, 0.3) is 0 Å². The molecule has 2 aromatic rings. The van der Waals surface area contributed by atoms with Gasteiger partial charge in [-0.2, -0.15) is 0 Å². The smallest absolute Gasteiger partial charge is 0.139 e. The van der Waals surface area contributed by atoms with Crippen LogP contribution in [0.4, 0.5) is 0 Å². The summed E-state index contributed by atoms with van der Waals surface area (Å²) in [4.78, 5) is 0. The summed E-state index contributed by atoms with van der Waals surface area (Å²) in [6, 6.07) is 8.35. The van der Waals surface area contributed by atoms with Crippen LogP contribution >= 0.6 is 15.9 Å². The summed E-state index contributed by atoms with van der Waals surface area (Å²) in [5.74, 6) is 0.918. The SMILES string of the molecule is CNC(c1cccc(C)c1C)c1occc1Br. The van der Waals surface area contributed by atoms with Gasteiger partial charge in [-0.25, -0.2) is 0 Å². The molecule has 2 nitrogen and oxygen atoms in total. The Morgan fingerprint density at radius 3 is 2.59 bits per heavy atom. The average Bonchev–Trinajstić information content (AvgIpc) is 2.72. The molecule has 1 aromatic heterocycles. The molecule has 2 rings (SSSR count). The van der Waals surface area contributed by atoms with Gasteiger partial charge in [0.05, 0.1) is 16.8 Å². The Hall–Kier alpha value is -1.06. The molecule has 0 saturated carbocycles. The number of halogens is 1. The Morgan fingerprint density at radius 1 is 1.24 bits per heavy atom. The summed E-state index contributed by atoms with van der Waals surface area (Å²) >= 11 is 3.51. The number of aryl methyl sites for hydroxylation is 1. The van der Waals surface area contributed by atoms with Crippen LogP contribution in [0.25, 0.3) is 0 Å². The second-order valence-corrected chi connectivity index (χ2v) is 5.00. The number of benzene rings is 1. The third-order valence-electron chi connectivity index (χ3n) is 3.15. The molecule has 90 valence electrons. The predicted molar refractivity (Wildman–Crippen MR) is 73.2 cm³/mol. The summed E-state index contributed by atoms with van der Waals surface area (Å²) in [6.07, 6.45) is 1.70. The van der Waals surface area contributed by atoms with Gasteiger partial charge < -0.3 is 9.73 Å². The van der Waals surface area contributed by atoms with E-state index < -0.39 is 0 Å². The summed E-state index contributed by atoms with van der Waals surface area (Å²) < 4.78 is 6.56. The Labute approximate surface area is 110 Å². The minimum absolute atomic E-state index is 0.0827. The van der Waals surface area contributed by atoms with E-state index in [1.807, 2.05) is 13.1 Å². The van der Waals surface area contributed by atoms with Gasteiger partial charge in [0.15, 0.2) is 0 Å². The zero-order chi connectivity index (χ0) is 12.4. The molecular formula is C14H16BrNO. The fourth-order valence-corrected chi connectivity index (χ4v) is 2.46. The minimum atomic E-state index is 0.0827. The lowest BCUT2D eigenvalue weighted by atomic mass is 9.96. The lowest BCUT2D eigenvalue weighted by Crippen LogP contribution is -2.18. The highest BCUT2D eigenvalue weighted by atomic mass is 79.9. The van der Waals surface area contributed by atoms with Crippen molar-refractivity contribution in [3.8, 4) is 0 Å². The zero-order valence-electron chi connectivity index (χ0n) is 10.3. The summed E-state index contributed by atoms with van der Waals surface area (Å²) in [5, 5.41) is 3.31. The molecule has 1 heterocycles. The second-order valence-electron chi connectivity index (χ2n) is 4.14. The third kappa shape index (κ3) is 2.31. The van der Waals surface area contributed by atoms with Crippen LogP contribution in [0.2, 0.25) is 0 Å². The van der Waals surface area contributed by atoms with Gasteiger partial charge in [-0.15, -0.1) is 0 Å². The standard InChI is InChI=1S/C14H16BrNO/c1-9-5-4-6-11(10(9)2)13(16-3)14-12(15)7-8-17-14/h4-8,13,16H,1-3H3. The van der Waals surface area contributed by atoms with Crippen LogP contribution in [-0.4, -0.2) is 7.05 Å². The first-order chi connectivity index (χ1) is 8.15. The van der Waals surface area contributed by atoms with Crippen LogP contribution in [-0.2, 0) is 0 Å². The van der Waals surface area contributed by atoms with E-state index in [0.29, 0.717) is 0 Å². The first-order valence-electron chi connectivity index (χ1n) is 5.61. The van der Waals surface area contributed by atoms with Crippen LogP contribution in [0.1, 0.15) is 28.5 Å². The van der Waals surface area contributed by atoms with Crippen LogP contribution < -0.4 is 5.32 Å². The van der Waals surface area contributed by atoms with E-state index in [1.54, 1.807) is 6.26 Å². The van der Waals surface area contributed by atoms with Crippen LogP contribution in [0.15, 0.2) is 39.4 Å². The van der Waals surface area contributed by atoms with Crippen molar-refractivity contribution in [1.29, 1.82) is 0 Å². The Bertz CT molecular complexity index is 519. The largest absolute Gasteiger partial charge is 0.466 e. The van der Waals surface area contributed by atoms with Gasteiger partial charge in [-0.3, -0.25) is 0 Å². The maximum atomic E-state index is 5.56. The van der Waals surface area contributed by atoms with Crippen molar-refractivity contribution in [1.82, 2.24) is 5.32 Å². The van der Waals surface area contributed by atoms with E-state index in [0.717, 1.165) is 10.2 Å². The van der Waals surface area contributed by atoms with Crippen LogP contribution in [0, 0.1) is 13.8 Å². The van der Waals surface area contributed by atoms with Crippen LogP contribution in [0.3, 0.4) is 0 Å². The molecule has 17 heavy (non-hydrogen) atoms. The van der Waals surface area contributed by atoms with Crippen molar-refractivity contribution in [2.45, 2.75) is 19.9 Å². The number of hydrogen-bond acceptors (Lipinski definition) is 2. The van der Waals surface area contributed by atoms with Crippen molar-refractivity contribution in [2.24, 2.45) is 0 Å². The molecule has 0 aliphatic carbocycles. The van der Waals surface area contributed by atoms with Crippen molar-refractivity contribution in [2.75, 3.05) is 7.05 Å². The average molecular weight is 294 g/mol. The molecule has 1 unspecified atom stereocenters. The normalized spacial score (nSPS) is 12.7. The van der Waals surface area contributed by atoms with Crippen molar-refractivity contribution >= 4 is 15.9 Å². The molecular weight excluding hydrogens is 278 g/mol. The quantitative estimate of drug-likeness (QED) is 0.926. The molecule has 1 aromatic carbocycles. The summed E-state index contributed by atoms with van der Waals surface area (Å²) in [7, 11) is 1.95. The number of hydrogen-bond donors (Lipinski definition) is 1. The molecule has 1 atom stereocenters. The summed E-state index contributed by atoms with van der Waals surface area (Å²) in [5.41, 5.74) is 3.85. The van der Waals surface area contributed by atoms with Gasteiger partial charge in [-0.1, -0.05) is 18.2 Å². The number of rotatable bonds is 3. The minimum Gasteiger partial charge on any atom is -0.466 e. The topological polar surface area (TPSA) is 25.2 Å². The van der Waals surface area contributed by atoms with Gasteiger partial charge in [-0.05, 0) is 59.6 Å². The first-order valence-corrected chi connectivity index (χ1v) is 6.40. The van der Waals surface area contributed by atoms with E-state index in [1.165, 1.54) is 16.7 Å². The van der Waals surface area contributed by atoms with E-state index in [9.17, 15) is 0 Å². The zero-order valence-corrected chi connectivity index (χ0v) is 11.8. The molecule has 0 radical (unpaired) electrons. The maximum absolute atomic E-state index is 5.56. The van der Waals surface area contributed by atoms with E-state index in [2.05, 4.69) is 53.3 Å². The lowest BCUT2D eigenvalue weighted by molar-refractivity contribution is 0.460. The fourth-order valence-electron chi connectivity index (χ4n) is 2.03.